The van der Waals surface area contributed by atoms with Crippen LogP contribution in [0, 0.1) is 5.41 Å². The zero-order valence-corrected chi connectivity index (χ0v) is 12.4. The highest BCUT2D eigenvalue weighted by molar-refractivity contribution is 6.39. The quantitative estimate of drug-likeness (QED) is 0.830. The fourth-order valence-corrected chi connectivity index (χ4v) is 1.41. The van der Waals surface area contributed by atoms with Crippen molar-refractivity contribution in [1.29, 1.82) is 0 Å². The molecule has 5 nitrogen and oxygen atoms in total. The van der Waals surface area contributed by atoms with Gasteiger partial charge in [0.1, 0.15) is 5.75 Å². The summed E-state index contributed by atoms with van der Waals surface area (Å²) in [7, 11) is 0. The Bertz CT molecular complexity index is 461. The van der Waals surface area contributed by atoms with Gasteiger partial charge in [0, 0.05) is 12.2 Å². The van der Waals surface area contributed by atoms with E-state index < -0.39 is 11.8 Å². The van der Waals surface area contributed by atoms with Gasteiger partial charge in [-0.1, -0.05) is 20.8 Å². The first-order chi connectivity index (χ1) is 9.31. The summed E-state index contributed by atoms with van der Waals surface area (Å²) in [6, 6.07) is 6.87. The summed E-state index contributed by atoms with van der Waals surface area (Å²) in [5, 5.41) is 5.14. The summed E-state index contributed by atoms with van der Waals surface area (Å²) in [5.41, 5.74) is 0.499. The third-order valence-corrected chi connectivity index (χ3v) is 2.41. The Balaban J connectivity index is 2.51. The number of amides is 2. The predicted molar refractivity (Wildman–Crippen MR) is 78.7 cm³/mol. The number of rotatable bonds is 4. The van der Waals surface area contributed by atoms with E-state index in [-0.39, 0.29) is 5.41 Å². The molecular formula is C15H22N2O3. The van der Waals surface area contributed by atoms with E-state index in [9.17, 15) is 9.59 Å². The summed E-state index contributed by atoms with van der Waals surface area (Å²) in [5.74, 6) is -0.574. The maximum Gasteiger partial charge on any atom is 0.313 e. The lowest BCUT2D eigenvalue weighted by Crippen LogP contribution is -2.39. The average molecular weight is 278 g/mol. The number of benzene rings is 1. The standard InChI is InChI=1S/C15H22N2O3/c1-5-20-12-8-6-11(7-9-12)17-14(19)13(18)16-10-15(2,3)4/h6-9H,5,10H2,1-4H3,(H,16,18)(H,17,19). The smallest absolute Gasteiger partial charge is 0.313 e. The van der Waals surface area contributed by atoms with Crippen LogP contribution in [0.4, 0.5) is 5.69 Å². The van der Waals surface area contributed by atoms with Crippen LogP contribution in [0.15, 0.2) is 24.3 Å². The van der Waals surface area contributed by atoms with Crippen molar-refractivity contribution in [2.45, 2.75) is 27.7 Å². The first-order valence-electron chi connectivity index (χ1n) is 6.64. The topological polar surface area (TPSA) is 67.4 Å². The maximum atomic E-state index is 11.7. The van der Waals surface area contributed by atoms with Crippen molar-refractivity contribution in [1.82, 2.24) is 5.32 Å². The zero-order valence-electron chi connectivity index (χ0n) is 12.4. The molecule has 1 aromatic carbocycles. The molecule has 0 radical (unpaired) electrons. The van der Waals surface area contributed by atoms with Crippen molar-refractivity contribution in [2.75, 3.05) is 18.5 Å². The second-order valence-corrected chi connectivity index (χ2v) is 5.65. The molecule has 2 N–H and O–H groups in total. The van der Waals surface area contributed by atoms with Gasteiger partial charge < -0.3 is 15.4 Å². The molecule has 0 saturated heterocycles. The fraction of sp³-hybridized carbons (Fsp3) is 0.467. The van der Waals surface area contributed by atoms with Gasteiger partial charge in [0.05, 0.1) is 6.61 Å². The largest absolute Gasteiger partial charge is 0.494 e. The SMILES string of the molecule is CCOc1ccc(NC(=O)C(=O)NCC(C)(C)C)cc1. The van der Waals surface area contributed by atoms with Crippen LogP contribution >= 0.6 is 0 Å². The van der Waals surface area contributed by atoms with Crippen LogP contribution in [-0.4, -0.2) is 25.0 Å². The lowest BCUT2D eigenvalue weighted by molar-refractivity contribution is -0.136. The monoisotopic (exact) mass is 278 g/mol. The number of anilines is 1. The summed E-state index contributed by atoms with van der Waals surface area (Å²) < 4.78 is 5.30. The zero-order chi connectivity index (χ0) is 15.2. The molecule has 110 valence electrons. The van der Waals surface area contributed by atoms with Crippen molar-refractivity contribution in [3.8, 4) is 5.75 Å². The van der Waals surface area contributed by atoms with E-state index in [1.165, 1.54) is 0 Å². The van der Waals surface area contributed by atoms with Gasteiger partial charge in [-0.25, -0.2) is 0 Å². The van der Waals surface area contributed by atoms with Crippen molar-refractivity contribution in [3.05, 3.63) is 24.3 Å². The highest BCUT2D eigenvalue weighted by Gasteiger charge is 2.17. The van der Waals surface area contributed by atoms with Crippen molar-refractivity contribution >= 4 is 17.5 Å². The number of hydrogen-bond acceptors (Lipinski definition) is 3. The molecule has 0 heterocycles. The van der Waals surface area contributed by atoms with Gasteiger partial charge in [-0.3, -0.25) is 9.59 Å². The normalized spacial score (nSPS) is 10.8. The number of carbonyl (C=O) groups excluding carboxylic acids is 2. The number of hydrogen-bond donors (Lipinski definition) is 2. The first-order valence-corrected chi connectivity index (χ1v) is 6.64. The van der Waals surface area contributed by atoms with Crippen molar-refractivity contribution in [3.63, 3.8) is 0 Å². The van der Waals surface area contributed by atoms with Gasteiger partial charge in [0.15, 0.2) is 0 Å². The van der Waals surface area contributed by atoms with Crippen molar-refractivity contribution < 1.29 is 14.3 Å². The predicted octanol–water partition coefficient (Wildman–Crippen LogP) is 2.19. The first kappa shape index (κ1) is 16.0. The molecule has 0 aliphatic rings. The molecule has 20 heavy (non-hydrogen) atoms. The van der Waals surface area contributed by atoms with E-state index in [4.69, 9.17) is 4.74 Å². The van der Waals surface area contributed by atoms with Crippen LogP contribution in [0.25, 0.3) is 0 Å². The van der Waals surface area contributed by atoms with Gasteiger partial charge >= 0.3 is 11.8 Å². The summed E-state index contributed by atoms with van der Waals surface area (Å²) in [6.07, 6.45) is 0. The number of ether oxygens (including phenoxy) is 1. The molecule has 0 atom stereocenters. The average Bonchev–Trinajstić information content (AvgIpc) is 2.37. The Hall–Kier alpha value is -2.04. The fourth-order valence-electron chi connectivity index (χ4n) is 1.41. The van der Waals surface area contributed by atoms with E-state index in [1.807, 2.05) is 27.7 Å². The minimum Gasteiger partial charge on any atom is -0.494 e. The van der Waals surface area contributed by atoms with E-state index in [0.717, 1.165) is 5.75 Å². The molecule has 5 heteroatoms. The third-order valence-electron chi connectivity index (χ3n) is 2.41. The maximum absolute atomic E-state index is 11.7. The lowest BCUT2D eigenvalue weighted by atomic mass is 9.97. The van der Waals surface area contributed by atoms with Crippen LogP contribution in [0.2, 0.25) is 0 Å². The Labute approximate surface area is 119 Å². The molecule has 0 saturated carbocycles. The summed E-state index contributed by atoms with van der Waals surface area (Å²) in [4.78, 5) is 23.3. The van der Waals surface area contributed by atoms with Crippen LogP contribution in [-0.2, 0) is 9.59 Å². The highest BCUT2D eigenvalue weighted by atomic mass is 16.5. The Kier molecular flexibility index (Phi) is 5.55. The molecule has 0 spiro atoms. The van der Waals surface area contributed by atoms with E-state index in [0.29, 0.717) is 18.8 Å². The molecule has 0 fully saturated rings. The molecule has 0 bridgehead atoms. The molecule has 1 rings (SSSR count). The van der Waals surface area contributed by atoms with Gasteiger partial charge in [-0.05, 0) is 36.6 Å². The molecule has 1 aromatic rings. The van der Waals surface area contributed by atoms with Crippen LogP contribution in [0.1, 0.15) is 27.7 Å². The Morgan fingerprint density at radius 1 is 1.10 bits per heavy atom. The van der Waals surface area contributed by atoms with E-state index in [1.54, 1.807) is 24.3 Å². The van der Waals surface area contributed by atoms with E-state index >= 15 is 0 Å². The molecule has 0 unspecified atom stereocenters. The molecule has 2 amide bonds. The second kappa shape index (κ2) is 6.93. The van der Waals surface area contributed by atoms with Gasteiger partial charge in [0.2, 0.25) is 0 Å². The minimum absolute atomic E-state index is 0.0604. The van der Waals surface area contributed by atoms with Gasteiger partial charge in [0.25, 0.3) is 0 Å². The second-order valence-electron chi connectivity index (χ2n) is 5.65. The molecule has 0 aromatic heterocycles. The molecular weight excluding hydrogens is 256 g/mol. The van der Waals surface area contributed by atoms with Crippen LogP contribution in [0.3, 0.4) is 0 Å². The van der Waals surface area contributed by atoms with E-state index in [2.05, 4.69) is 10.6 Å². The third kappa shape index (κ3) is 5.73. The van der Waals surface area contributed by atoms with Crippen molar-refractivity contribution in [2.24, 2.45) is 5.41 Å². The lowest BCUT2D eigenvalue weighted by Gasteiger charge is -2.18. The highest BCUT2D eigenvalue weighted by Crippen LogP contribution is 2.15. The number of carbonyl (C=O) groups is 2. The van der Waals surface area contributed by atoms with Crippen LogP contribution < -0.4 is 15.4 Å². The minimum atomic E-state index is -0.668. The van der Waals surface area contributed by atoms with Gasteiger partial charge in [-0.15, -0.1) is 0 Å². The number of nitrogens with one attached hydrogen (secondary N) is 2. The summed E-state index contributed by atoms with van der Waals surface area (Å²) >= 11 is 0. The summed E-state index contributed by atoms with van der Waals surface area (Å²) in [6.45, 7) is 8.88. The Morgan fingerprint density at radius 3 is 2.20 bits per heavy atom. The van der Waals surface area contributed by atoms with Crippen LogP contribution in [0.5, 0.6) is 5.75 Å². The van der Waals surface area contributed by atoms with Gasteiger partial charge in [-0.2, -0.15) is 0 Å². The Morgan fingerprint density at radius 2 is 1.70 bits per heavy atom. The molecule has 0 aliphatic carbocycles. The molecule has 0 aliphatic heterocycles.